The average Bonchev–Trinajstić information content (AvgIpc) is 3.41. The van der Waals surface area contributed by atoms with E-state index in [1.54, 1.807) is 4.57 Å². The molecule has 2 aromatic heterocycles. The number of aromatic nitrogens is 4. The molecule has 15 heteroatoms. The van der Waals surface area contributed by atoms with Crippen LogP contribution >= 0.6 is 11.6 Å². The summed E-state index contributed by atoms with van der Waals surface area (Å²) in [5, 5.41) is 10.4. The molecule has 43 heavy (non-hydrogen) atoms. The summed E-state index contributed by atoms with van der Waals surface area (Å²) in [6, 6.07) is 3.37. The normalized spacial score (nSPS) is 18.6. The lowest BCUT2D eigenvalue weighted by Gasteiger charge is -2.34. The highest BCUT2D eigenvalue weighted by molar-refractivity contribution is 6.33. The van der Waals surface area contributed by atoms with E-state index in [1.165, 1.54) is 4.52 Å². The number of fused-ring (bicyclic) bond motifs is 1. The van der Waals surface area contributed by atoms with Crippen LogP contribution in [0.3, 0.4) is 0 Å². The van der Waals surface area contributed by atoms with E-state index in [0.29, 0.717) is 49.4 Å². The predicted octanol–water partition coefficient (Wildman–Crippen LogP) is 3.09. The number of piperidine rings is 1. The number of anilines is 3. The van der Waals surface area contributed by atoms with Crippen LogP contribution in [-0.2, 0) is 23.9 Å². The number of carbonyl (C=O) groups excluding carboxylic acids is 1. The molecule has 0 bridgehead atoms. The first kappa shape index (κ1) is 31.1. The van der Waals surface area contributed by atoms with Gasteiger partial charge in [0.15, 0.2) is 0 Å². The standard InChI is InChI=1S/C28H37ClF3N9O2/c1-5-22-24(39-13-10-33-17(2)15-39)25(43)41-27(35-26(36-41)38-11-8-19(9-12-38)37(3)4)40(22)16-23(42)34-21-7-6-18(14-20(21)29)28(30,31)32/h6-7,14,17,19,33H,5,8-13,15-16H2,1-4H3,(H,34,42)/t17-/m1/s1. The van der Waals surface area contributed by atoms with Crippen molar-refractivity contribution < 1.29 is 18.0 Å². The van der Waals surface area contributed by atoms with Crippen LogP contribution in [0.4, 0.5) is 30.5 Å². The van der Waals surface area contributed by atoms with Crippen molar-refractivity contribution in [3.8, 4) is 0 Å². The number of piperazine rings is 1. The minimum Gasteiger partial charge on any atom is -0.363 e. The van der Waals surface area contributed by atoms with Crippen LogP contribution < -0.4 is 26.0 Å². The molecule has 4 heterocycles. The second-order valence-corrected chi connectivity index (χ2v) is 11.8. The van der Waals surface area contributed by atoms with Crippen molar-refractivity contribution in [3.63, 3.8) is 0 Å². The van der Waals surface area contributed by atoms with E-state index >= 15 is 0 Å². The summed E-state index contributed by atoms with van der Waals surface area (Å²) in [6.45, 7) is 7.04. The lowest BCUT2D eigenvalue weighted by Crippen LogP contribution is -2.51. The van der Waals surface area contributed by atoms with Gasteiger partial charge in [0.05, 0.1) is 22.0 Å². The Bertz CT molecular complexity index is 1550. The SMILES string of the molecule is CCc1c(N2CCN[C@H](C)C2)c(=O)n2nc(N3CCC(N(C)C)CC3)nc2n1CC(=O)Nc1ccc(C(F)(F)F)cc1Cl. The van der Waals surface area contributed by atoms with E-state index in [4.69, 9.17) is 16.6 Å². The predicted molar refractivity (Wildman–Crippen MR) is 160 cm³/mol. The molecule has 0 aliphatic carbocycles. The fourth-order valence-corrected chi connectivity index (χ4v) is 6.12. The van der Waals surface area contributed by atoms with Gasteiger partial charge in [-0.3, -0.25) is 9.59 Å². The zero-order valence-electron chi connectivity index (χ0n) is 24.7. The fraction of sp³-hybridized carbons (Fsp3) is 0.571. The van der Waals surface area contributed by atoms with Gasteiger partial charge in [0.25, 0.3) is 5.56 Å². The molecule has 1 amide bonds. The third-order valence-corrected chi connectivity index (χ3v) is 8.50. The van der Waals surface area contributed by atoms with Crippen molar-refractivity contribution in [2.75, 3.05) is 61.9 Å². The Morgan fingerprint density at radius 3 is 2.51 bits per heavy atom. The molecule has 2 aliphatic heterocycles. The monoisotopic (exact) mass is 623 g/mol. The maximum absolute atomic E-state index is 14.0. The summed E-state index contributed by atoms with van der Waals surface area (Å²) in [4.78, 5) is 38.4. The van der Waals surface area contributed by atoms with Crippen molar-refractivity contribution in [1.29, 1.82) is 0 Å². The minimum atomic E-state index is -4.56. The summed E-state index contributed by atoms with van der Waals surface area (Å²) in [6.07, 6.45) is -2.28. The molecule has 3 aromatic rings. The number of hydrogen-bond acceptors (Lipinski definition) is 8. The third-order valence-electron chi connectivity index (χ3n) is 8.18. The molecular formula is C28H37ClF3N9O2. The van der Waals surface area contributed by atoms with Crippen LogP contribution in [0.25, 0.3) is 5.78 Å². The highest BCUT2D eigenvalue weighted by atomic mass is 35.5. The Kier molecular flexibility index (Phi) is 8.91. The van der Waals surface area contributed by atoms with E-state index in [2.05, 4.69) is 39.6 Å². The molecule has 11 nitrogen and oxygen atoms in total. The van der Waals surface area contributed by atoms with Crippen LogP contribution in [0.2, 0.25) is 5.02 Å². The summed E-state index contributed by atoms with van der Waals surface area (Å²) in [5.41, 5.74) is -0.0643. The van der Waals surface area contributed by atoms with Crippen molar-refractivity contribution >= 4 is 40.6 Å². The molecule has 2 N–H and O–H groups in total. The summed E-state index contributed by atoms with van der Waals surface area (Å²) >= 11 is 6.11. The minimum absolute atomic E-state index is 0.0526. The number of carbonyl (C=O) groups is 1. The van der Waals surface area contributed by atoms with E-state index in [-0.39, 0.29) is 34.6 Å². The maximum Gasteiger partial charge on any atom is 0.416 e. The lowest BCUT2D eigenvalue weighted by molar-refractivity contribution is -0.137. The number of benzene rings is 1. The number of rotatable bonds is 7. The van der Waals surface area contributed by atoms with E-state index in [1.807, 2.05) is 18.7 Å². The highest BCUT2D eigenvalue weighted by Crippen LogP contribution is 2.34. The maximum atomic E-state index is 14.0. The van der Waals surface area contributed by atoms with Gasteiger partial charge in [-0.25, -0.2) is 0 Å². The Morgan fingerprint density at radius 1 is 1.19 bits per heavy atom. The van der Waals surface area contributed by atoms with Gasteiger partial charge in [-0.2, -0.15) is 22.7 Å². The van der Waals surface area contributed by atoms with Crippen LogP contribution in [-0.4, -0.2) is 88.9 Å². The van der Waals surface area contributed by atoms with Gasteiger partial charge in [-0.15, -0.1) is 5.10 Å². The zero-order valence-corrected chi connectivity index (χ0v) is 25.5. The first-order valence-electron chi connectivity index (χ1n) is 14.5. The number of alkyl halides is 3. The Morgan fingerprint density at radius 2 is 1.91 bits per heavy atom. The second-order valence-electron chi connectivity index (χ2n) is 11.4. The van der Waals surface area contributed by atoms with Crippen molar-refractivity contribution in [2.45, 2.75) is 57.9 Å². The highest BCUT2D eigenvalue weighted by Gasteiger charge is 2.32. The Balaban J connectivity index is 1.54. The molecule has 1 aromatic carbocycles. The van der Waals surface area contributed by atoms with Crippen LogP contribution in [0.15, 0.2) is 23.0 Å². The second kappa shape index (κ2) is 12.3. The molecule has 2 fully saturated rings. The van der Waals surface area contributed by atoms with Gasteiger partial charge >= 0.3 is 6.18 Å². The van der Waals surface area contributed by atoms with Crippen molar-refractivity contribution in [2.24, 2.45) is 0 Å². The Hall–Kier alpha value is -3.36. The van der Waals surface area contributed by atoms with Gasteiger partial charge in [0, 0.05) is 44.8 Å². The molecule has 0 radical (unpaired) electrons. The van der Waals surface area contributed by atoms with Crippen molar-refractivity contribution in [1.82, 2.24) is 29.4 Å². The number of nitrogens with zero attached hydrogens (tertiary/aromatic N) is 7. The summed E-state index contributed by atoms with van der Waals surface area (Å²) < 4.78 is 42.3. The van der Waals surface area contributed by atoms with Gasteiger partial charge in [0.1, 0.15) is 12.2 Å². The van der Waals surface area contributed by atoms with Crippen LogP contribution in [0.1, 0.15) is 37.9 Å². The molecule has 1 atom stereocenters. The van der Waals surface area contributed by atoms with Gasteiger partial charge in [0.2, 0.25) is 17.6 Å². The van der Waals surface area contributed by atoms with E-state index in [0.717, 1.165) is 44.1 Å². The van der Waals surface area contributed by atoms with E-state index in [9.17, 15) is 22.8 Å². The van der Waals surface area contributed by atoms with E-state index < -0.39 is 17.6 Å². The number of amides is 1. The molecular weight excluding hydrogens is 587 g/mol. The molecule has 5 rings (SSSR count). The molecule has 0 unspecified atom stereocenters. The fourth-order valence-electron chi connectivity index (χ4n) is 5.90. The molecule has 0 saturated carbocycles. The van der Waals surface area contributed by atoms with Gasteiger partial charge < -0.3 is 29.9 Å². The average molecular weight is 624 g/mol. The van der Waals surface area contributed by atoms with Crippen LogP contribution in [0.5, 0.6) is 0 Å². The van der Waals surface area contributed by atoms with Gasteiger partial charge in [-0.05, 0) is 58.5 Å². The number of hydrogen-bond donors (Lipinski definition) is 2. The first-order valence-corrected chi connectivity index (χ1v) is 14.8. The van der Waals surface area contributed by atoms with Crippen molar-refractivity contribution in [3.05, 3.63) is 44.8 Å². The first-order chi connectivity index (χ1) is 20.4. The largest absolute Gasteiger partial charge is 0.416 e. The zero-order chi connectivity index (χ0) is 31.1. The topological polar surface area (TPSA) is 103 Å². The molecule has 2 saturated heterocycles. The van der Waals surface area contributed by atoms with Gasteiger partial charge in [-0.1, -0.05) is 18.5 Å². The molecule has 234 valence electrons. The van der Waals surface area contributed by atoms with Crippen LogP contribution in [0, 0.1) is 0 Å². The third kappa shape index (κ3) is 6.46. The smallest absolute Gasteiger partial charge is 0.363 e. The Labute approximate surface area is 252 Å². The molecule has 0 spiro atoms. The quantitative estimate of drug-likeness (QED) is 0.414. The number of halogens is 4. The number of nitrogens with one attached hydrogen (secondary N) is 2. The molecule has 2 aliphatic rings. The summed E-state index contributed by atoms with van der Waals surface area (Å²) in [5.74, 6) is 0.118. The summed E-state index contributed by atoms with van der Waals surface area (Å²) in [7, 11) is 4.12. The lowest BCUT2D eigenvalue weighted by atomic mass is 10.0.